The van der Waals surface area contributed by atoms with Crippen LogP contribution in [0.15, 0.2) is 61.4 Å². The van der Waals surface area contributed by atoms with E-state index < -0.39 is 0 Å². The number of nitrogens with two attached hydrogens (primary N) is 1. The van der Waals surface area contributed by atoms with Crippen LogP contribution in [-0.4, -0.2) is 47.0 Å². The second-order valence-electron chi connectivity index (χ2n) is 7.69. The molecule has 0 bridgehead atoms. The maximum absolute atomic E-state index is 14.4. The summed E-state index contributed by atoms with van der Waals surface area (Å²) in [6.45, 7) is 5.72. The molecular formula is C24H25FN6. The summed E-state index contributed by atoms with van der Waals surface area (Å²) in [5.74, 6) is 0.280. The molecule has 0 fully saturated rings. The number of fused-ring (bicyclic) bond motifs is 1. The van der Waals surface area contributed by atoms with E-state index in [1.54, 1.807) is 12.4 Å². The van der Waals surface area contributed by atoms with Crippen molar-refractivity contribution < 1.29 is 4.39 Å². The van der Waals surface area contributed by atoms with Gasteiger partial charge in [0.25, 0.3) is 0 Å². The summed E-state index contributed by atoms with van der Waals surface area (Å²) in [6, 6.07) is 12.4. The van der Waals surface area contributed by atoms with Crippen molar-refractivity contribution in [3.63, 3.8) is 0 Å². The van der Waals surface area contributed by atoms with Crippen molar-refractivity contribution in [3.05, 3.63) is 78.6 Å². The van der Waals surface area contributed by atoms with Crippen molar-refractivity contribution in [3.8, 4) is 11.1 Å². The van der Waals surface area contributed by atoms with E-state index in [1.807, 2.05) is 44.4 Å². The van der Waals surface area contributed by atoms with Crippen LogP contribution < -0.4 is 11.1 Å². The maximum atomic E-state index is 14.4. The number of likely N-dealkylation sites (N-methyl/N-ethyl adjacent to an activating group) is 1. The van der Waals surface area contributed by atoms with Crippen LogP contribution in [0.1, 0.15) is 11.4 Å². The Hall–Kier alpha value is -3.71. The van der Waals surface area contributed by atoms with Crippen LogP contribution in [-0.2, 0) is 0 Å². The van der Waals surface area contributed by atoms with Crippen LogP contribution in [0, 0.1) is 5.82 Å². The quantitative estimate of drug-likeness (QED) is 0.390. The third kappa shape index (κ3) is 4.41. The summed E-state index contributed by atoms with van der Waals surface area (Å²) in [4.78, 5) is 14.4. The summed E-state index contributed by atoms with van der Waals surface area (Å²) < 4.78 is 14.4. The van der Waals surface area contributed by atoms with E-state index >= 15 is 0 Å². The molecule has 31 heavy (non-hydrogen) atoms. The van der Waals surface area contributed by atoms with Gasteiger partial charge in [-0.05, 0) is 43.9 Å². The topological polar surface area (TPSA) is 82.9 Å². The molecule has 0 spiro atoms. The fourth-order valence-corrected chi connectivity index (χ4v) is 3.46. The lowest BCUT2D eigenvalue weighted by molar-refractivity contribution is 0.425. The predicted molar refractivity (Wildman–Crippen MR) is 125 cm³/mol. The van der Waals surface area contributed by atoms with Gasteiger partial charge in [-0.1, -0.05) is 24.8 Å². The number of halogens is 1. The number of pyridine rings is 1. The van der Waals surface area contributed by atoms with Crippen LogP contribution in [0.5, 0.6) is 0 Å². The van der Waals surface area contributed by atoms with Gasteiger partial charge in [-0.15, -0.1) is 0 Å². The average molecular weight is 417 g/mol. The van der Waals surface area contributed by atoms with Crippen LogP contribution in [0.2, 0.25) is 0 Å². The predicted octanol–water partition coefficient (Wildman–Crippen LogP) is 4.38. The molecule has 0 saturated carbocycles. The molecule has 2 aromatic heterocycles. The molecule has 4 aromatic rings. The highest BCUT2D eigenvalue weighted by Crippen LogP contribution is 2.32. The number of imidazole rings is 1. The number of nitrogens with zero attached hydrogens (tertiary/aromatic N) is 3. The first-order valence-corrected chi connectivity index (χ1v) is 10.00. The summed E-state index contributed by atoms with van der Waals surface area (Å²) in [6.07, 6.45) is 3.40. The van der Waals surface area contributed by atoms with E-state index in [2.05, 4.69) is 26.8 Å². The van der Waals surface area contributed by atoms with Gasteiger partial charge in [0.1, 0.15) is 11.6 Å². The van der Waals surface area contributed by atoms with E-state index in [9.17, 15) is 4.39 Å². The normalized spacial score (nSPS) is 11.2. The minimum absolute atomic E-state index is 0.320. The van der Waals surface area contributed by atoms with Gasteiger partial charge in [-0.2, -0.15) is 0 Å². The Morgan fingerprint density at radius 2 is 2.00 bits per heavy atom. The number of nitrogens with one attached hydrogen (secondary N) is 2. The number of para-hydroxylation sites is 1. The Labute approximate surface area is 180 Å². The number of hydrogen-bond donors (Lipinski definition) is 3. The number of nitrogen functional groups attached to an aromatic ring is 1. The van der Waals surface area contributed by atoms with Crippen molar-refractivity contribution in [1.82, 2.24) is 19.9 Å². The lowest BCUT2D eigenvalue weighted by Crippen LogP contribution is -2.20. The number of rotatable bonds is 7. The zero-order valence-corrected chi connectivity index (χ0v) is 17.6. The van der Waals surface area contributed by atoms with Crippen LogP contribution in [0.25, 0.3) is 27.7 Å². The Balaban J connectivity index is 1.72. The van der Waals surface area contributed by atoms with Gasteiger partial charge in [0.05, 0.1) is 17.2 Å². The molecule has 0 radical (unpaired) electrons. The first-order chi connectivity index (χ1) is 14.9. The largest absolute Gasteiger partial charge is 0.398 e. The maximum Gasteiger partial charge on any atom is 0.138 e. The molecule has 158 valence electrons. The first-order valence-electron chi connectivity index (χ1n) is 10.00. The number of aromatic nitrogens is 3. The number of anilines is 2. The van der Waals surface area contributed by atoms with E-state index in [1.165, 1.54) is 12.1 Å². The van der Waals surface area contributed by atoms with E-state index in [-0.39, 0.29) is 5.82 Å². The van der Waals surface area contributed by atoms with Crippen LogP contribution >= 0.6 is 0 Å². The molecule has 2 aromatic carbocycles. The minimum atomic E-state index is -0.320. The lowest BCUT2D eigenvalue weighted by Gasteiger charge is -2.12. The molecule has 0 unspecified atom stereocenters. The molecule has 4 N–H and O–H groups in total. The van der Waals surface area contributed by atoms with Gasteiger partial charge < -0.3 is 20.9 Å². The van der Waals surface area contributed by atoms with Gasteiger partial charge in [-0.3, -0.25) is 4.98 Å². The molecule has 4 rings (SSSR count). The van der Waals surface area contributed by atoms with Crippen molar-refractivity contribution in [2.75, 3.05) is 38.2 Å². The SMILES string of the molecule is C=C(c1nc2c(-c3cc(F)cc(NCCN(C)C)c3)cncc2[nH]1)c1ccccc1N. The van der Waals surface area contributed by atoms with Crippen molar-refractivity contribution >= 4 is 28.0 Å². The highest BCUT2D eigenvalue weighted by Gasteiger charge is 2.15. The Bertz CT molecular complexity index is 1240. The molecule has 0 aliphatic heterocycles. The summed E-state index contributed by atoms with van der Waals surface area (Å²) in [5.41, 5.74) is 11.8. The fraction of sp³-hybridized carbons (Fsp3) is 0.167. The molecule has 0 amide bonds. The monoisotopic (exact) mass is 416 g/mol. The first kappa shape index (κ1) is 20.6. The van der Waals surface area contributed by atoms with Gasteiger partial charge >= 0.3 is 0 Å². The summed E-state index contributed by atoms with van der Waals surface area (Å²) in [7, 11) is 3.99. The van der Waals surface area contributed by atoms with Gasteiger partial charge in [0.15, 0.2) is 0 Å². The van der Waals surface area contributed by atoms with Crippen molar-refractivity contribution in [2.24, 2.45) is 0 Å². The second-order valence-corrected chi connectivity index (χ2v) is 7.69. The van der Waals surface area contributed by atoms with Crippen LogP contribution in [0.4, 0.5) is 15.8 Å². The second kappa shape index (κ2) is 8.57. The third-order valence-electron chi connectivity index (χ3n) is 5.06. The standard InChI is InChI=1S/C24H25FN6/c1-15(19-6-4-5-7-21(19)26)24-29-22-14-27-13-20(23(22)30-24)16-10-17(25)12-18(11-16)28-8-9-31(2)3/h4-7,10-14,28H,1,8-9,26H2,2-3H3,(H,29,30). The van der Waals surface area contributed by atoms with Crippen molar-refractivity contribution in [2.45, 2.75) is 0 Å². The zero-order valence-electron chi connectivity index (χ0n) is 17.6. The Kier molecular flexibility index (Phi) is 5.68. The highest BCUT2D eigenvalue weighted by molar-refractivity contribution is 5.94. The van der Waals surface area contributed by atoms with Gasteiger partial charge in [0.2, 0.25) is 0 Å². The van der Waals surface area contributed by atoms with E-state index in [0.29, 0.717) is 40.4 Å². The molecule has 0 saturated heterocycles. The highest BCUT2D eigenvalue weighted by atomic mass is 19.1. The molecule has 2 heterocycles. The third-order valence-corrected chi connectivity index (χ3v) is 5.06. The number of hydrogen-bond acceptors (Lipinski definition) is 5. The molecule has 0 aliphatic rings. The molecule has 7 heteroatoms. The Morgan fingerprint density at radius 3 is 2.77 bits per heavy atom. The van der Waals surface area contributed by atoms with Crippen molar-refractivity contribution in [1.29, 1.82) is 0 Å². The van der Waals surface area contributed by atoms with E-state index in [0.717, 1.165) is 23.2 Å². The number of H-pyrrole nitrogens is 1. The molecule has 0 atom stereocenters. The fourth-order valence-electron chi connectivity index (χ4n) is 3.46. The van der Waals surface area contributed by atoms with E-state index in [4.69, 9.17) is 10.7 Å². The smallest absolute Gasteiger partial charge is 0.138 e. The summed E-state index contributed by atoms with van der Waals surface area (Å²) >= 11 is 0. The number of aromatic amines is 1. The lowest BCUT2D eigenvalue weighted by atomic mass is 10.0. The van der Waals surface area contributed by atoms with Gasteiger partial charge in [0, 0.05) is 47.4 Å². The molecule has 0 aliphatic carbocycles. The summed E-state index contributed by atoms with van der Waals surface area (Å²) in [5, 5.41) is 3.27. The Morgan fingerprint density at radius 1 is 1.19 bits per heavy atom. The average Bonchev–Trinajstić information content (AvgIpc) is 3.17. The minimum Gasteiger partial charge on any atom is -0.398 e. The number of benzene rings is 2. The molecular weight excluding hydrogens is 391 g/mol. The zero-order chi connectivity index (χ0) is 22.0. The molecule has 6 nitrogen and oxygen atoms in total. The van der Waals surface area contributed by atoms with Gasteiger partial charge in [-0.25, -0.2) is 9.37 Å². The van der Waals surface area contributed by atoms with Crippen LogP contribution in [0.3, 0.4) is 0 Å².